The van der Waals surface area contributed by atoms with Crippen molar-refractivity contribution >= 4 is 23.3 Å². The lowest BCUT2D eigenvalue weighted by atomic mass is 9.94. The zero-order valence-corrected chi connectivity index (χ0v) is 19.5. The van der Waals surface area contributed by atoms with Crippen LogP contribution in [0.25, 0.3) is 0 Å². The number of aromatic nitrogens is 1. The molecule has 1 aliphatic rings. The molecule has 1 aliphatic carbocycles. The van der Waals surface area contributed by atoms with Crippen molar-refractivity contribution in [3.63, 3.8) is 0 Å². The predicted molar refractivity (Wildman–Crippen MR) is 132 cm³/mol. The van der Waals surface area contributed by atoms with Gasteiger partial charge in [0.1, 0.15) is 0 Å². The van der Waals surface area contributed by atoms with Gasteiger partial charge in [0.2, 0.25) is 0 Å². The van der Waals surface area contributed by atoms with Gasteiger partial charge in [0.05, 0.1) is 6.54 Å². The highest BCUT2D eigenvalue weighted by Crippen LogP contribution is 2.26. The van der Waals surface area contributed by atoms with Crippen molar-refractivity contribution in [1.82, 2.24) is 9.47 Å². The van der Waals surface area contributed by atoms with E-state index in [1.807, 2.05) is 36.4 Å². The zero-order valence-electron chi connectivity index (χ0n) is 18.8. The second-order valence-corrected chi connectivity index (χ2v) is 9.05. The molecule has 2 aromatic carbocycles. The monoisotopic (exact) mass is 449 g/mol. The maximum absolute atomic E-state index is 13.5. The van der Waals surface area contributed by atoms with Crippen molar-refractivity contribution in [1.29, 1.82) is 0 Å². The molecule has 1 fully saturated rings. The standard InChI is InChI=1S/C27H32ClN3O/c1-2-22-11-6-7-16-26(22)29-27(32)31(24-13-4-3-5-14-24)20-25-15-9-17-30(25)19-21-10-8-12-23(28)18-21/h6-12,15-18,24H,2-5,13-14,19-20H2,1H3,(H,29,32). The number of aryl methyl sites for hydroxylation is 1. The molecule has 1 aromatic heterocycles. The van der Waals surface area contributed by atoms with Crippen LogP contribution in [0.1, 0.15) is 55.8 Å². The Kier molecular flexibility index (Phi) is 7.54. The molecule has 4 nitrogen and oxygen atoms in total. The van der Waals surface area contributed by atoms with Crippen LogP contribution in [-0.4, -0.2) is 21.5 Å². The average molecular weight is 450 g/mol. The third kappa shape index (κ3) is 5.55. The summed E-state index contributed by atoms with van der Waals surface area (Å²) in [6.07, 6.45) is 8.74. The molecule has 0 radical (unpaired) electrons. The number of urea groups is 1. The number of carbonyl (C=O) groups is 1. The summed E-state index contributed by atoms with van der Waals surface area (Å²) in [6.45, 7) is 3.45. The second-order valence-electron chi connectivity index (χ2n) is 8.62. The minimum absolute atomic E-state index is 0.00620. The van der Waals surface area contributed by atoms with E-state index in [9.17, 15) is 4.79 Å². The number of carbonyl (C=O) groups excluding carboxylic acids is 1. The van der Waals surface area contributed by atoms with Crippen molar-refractivity contribution in [3.05, 3.63) is 88.7 Å². The SMILES string of the molecule is CCc1ccccc1NC(=O)N(Cc1cccn1Cc1cccc(Cl)c1)C1CCCCC1. The molecule has 3 aromatic rings. The molecule has 0 saturated heterocycles. The van der Waals surface area contributed by atoms with E-state index < -0.39 is 0 Å². The lowest BCUT2D eigenvalue weighted by Gasteiger charge is -2.35. The number of benzene rings is 2. The first-order valence-electron chi connectivity index (χ1n) is 11.7. The minimum Gasteiger partial charge on any atom is -0.345 e. The van der Waals surface area contributed by atoms with Gasteiger partial charge in [-0.2, -0.15) is 0 Å². The number of nitrogens with one attached hydrogen (secondary N) is 1. The zero-order chi connectivity index (χ0) is 22.3. The molecule has 32 heavy (non-hydrogen) atoms. The highest BCUT2D eigenvalue weighted by Gasteiger charge is 2.27. The molecule has 1 saturated carbocycles. The lowest BCUT2D eigenvalue weighted by Crippen LogP contribution is -2.43. The molecular formula is C27H32ClN3O. The van der Waals surface area contributed by atoms with Gasteiger partial charge in [0.25, 0.3) is 0 Å². The summed E-state index contributed by atoms with van der Waals surface area (Å²) in [6, 6.07) is 20.5. The third-order valence-electron chi connectivity index (χ3n) is 6.41. The summed E-state index contributed by atoms with van der Waals surface area (Å²) >= 11 is 6.18. The van der Waals surface area contributed by atoms with Crippen LogP contribution in [0.3, 0.4) is 0 Å². The lowest BCUT2D eigenvalue weighted by molar-refractivity contribution is 0.161. The Labute approximate surface area is 196 Å². The quantitative estimate of drug-likeness (QED) is 0.409. The van der Waals surface area contributed by atoms with Gasteiger partial charge in [-0.3, -0.25) is 0 Å². The van der Waals surface area contributed by atoms with Gasteiger partial charge in [-0.25, -0.2) is 4.79 Å². The number of rotatable bonds is 7. The Morgan fingerprint density at radius 3 is 2.66 bits per heavy atom. The first-order chi connectivity index (χ1) is 15.6. The predicted octanol–water partition coefficient (Wildman–Crippen LogP) is 7.12. The van der Waals surface area contributed by atoms with Crippen LogP contribution < -0.4 is 5.32 Å². The number of halogens is 1. The fourth-order valence-electron chi connectivity index (χ4n) is 4.65. The van der Waals surface area contributed by atoms with E-state index in [2.05, 4.69) is 52.2 Å². The molecule has 1 N–H and O–H groups in total. The number of para-hydroxylation sites is 1. The van der Waals surface area contributed by atoms with Crippen LogP contribution in [0.5, 0.6) is 0 Å². The van der Waals surface area contributed by atoms with E-state index in [4.69, 9.17) is 11.6 Å². The Morgan fingerprint density at radius 1 is 1.06 bits per heavy atom. The van der Waals surface area contributed by atoms with E-state index in [0.717, 1.165) is 53.3 Å². The van der Waals surface area contributed by atoms with Crippen molar-refractivity contribution in [2.24, 2.45) is 0 Å². The number of anilines is 1. The number of hydrogen-bond acceptors (Lipinski definition) is 1. The number of nitrogens with zero attached hydrogens (tertiary/aromatic N) is 2. The van der Waals surface area contributed by atoms with Gasteiger partial charge in [-0.15, -0.1) is 0 Å². The van der Waals surface area contributed by atoms with Crippen molar-refractivity contribution < 1.29 is 4.79 Å². The smallest absolute Gasteiger partial charge is 0.322 e. The summed E-state index contributed by atoms with van der Waals surface area (Å²) in [7, 11) is 0. The normalized spacial score (nSPS) is 14.3. The second kappa shape index (κ2) is 10.7. The fraction of sp³-hybridized carbons (Fsp3) is 0.370. The van der Waals surface area contributed by atoms with Crippen LogP contribution in [0, 0.1) is 0 Å². The van der Waals surface area contributed by atoms with E-state index in [-0.39, 0.29) is 12.1 Å². The van der Waals surface area contributed by atoms with Crippen molar-refractivity contribution in [3.8, 4) is 0 Å². The summed E-state index contributed by atoms with van der Waals surface area (Å²) < 4.78 is 2.22. The Hall–Kier alpha value is -2.72. The molecule has 0 spiro atoms. The van der Waals surface area contributed by atoms with E-state index in [1.165, 1.54) is 19.3 Å². The van der Waals surface area contributed by atoms with Crippen molar-refractivity contribution in [2.75, 3.05) is 5.32 Å². The molecular weight excluding hydrogens is 418 g/mol. The maximum Gasteiger partial charge on any atom is 0.322 e. The summed E-state index contributed by atoms with van der Waals surface area (Å²) in [5.41, 5.74) is 4.36. The average Bonchev–Trinajstić information content (AvgIpc) is 3.25. The number of hydrogen-bond donors (Lipinski definition) is 1. The highest BCUT2D eigenvalue weighted by molar-refractivity contribution is 6.30. The summed E-state index contributed by atoms with van der Waals surface area (Å²) in [4.78, 5) is 15.6. The minimum atomic E-state index is -0.00620. The third-order valence-corrected chi connectivity index (χ3v) is 6.65. The number of amides is 2. The van der Waals surface area contributed by atoms with Gasteiger partial charge in [-0.05, 0) is 60.7 Å². The van der Waals surface area contributed by atoms with Crippen LogP contribution >= 0.6 is 11.6 Å². The molecule has 2 amide bonds. The van der Waals surface area contributed by atoms with Crippen LogP contribution in [0.4, 0.5) is 10.5 Å². The van der Waals surface area contributed by atoms with Crippen LogP contribution in [-0.2, 0) is 19.5 Å². The van der Waals surface area contributed by atoms with E-state index in [0.29, 0.717) is 6.54 Å². The Morgan fingerprint density at radius 2 is 1.88 bits per heavy atom. The topological polar surface area (TPSA) is 37.3 Å². The molecule has 0 atom stereocenters. The molecule has 0 unspecified atom stereocenters. The maximum atomic E-state index is 13.5. The molecule has 0 aliphatic heterocycles. The first-order valence-corrected chi connectivity index (χ1v) is 12.1. The van der Waals surface area contributed by atoms with Gasteiger partial charge in [-0.1, -0.05) is 68.1 Å². The molecule has 1 heterocycles. The molecule has 4 rings (SSSR count). The van der Waals surface area contributed by atoms with Gasteiger partial charge in [0, 0.05) is 35.2 Å². The highest BCUT2D eigenvalue weighted by atomic mass is 35.5. The Bertz CT molecular complexity index is 1040. The van der Waals surface area contributed by atoms with Crippen LogP contribution in [0.2, 0.25) is 5.02 Å². The molecule has 0 bridgehead atoms. The van der Waals surface area contributed by atoms with Gasteiger partial charge in [0.15, 0.2) is 0 Å². The molecule has 5 heteroatoms. The Balaban J connectivity index is 1.55. The van der Waals surface area contributed by atoms with E-state index in [1.54, 1.807) is 0 Å². The molecule has 168 valence electrons. The summed E-state index contributed by atoms with van der Waals surface area (Å²) in [5, 5.41) is 3.95. The van der Waals surface area contributed by atoms with Crippen LogP contribution in [0.15, 0.2) is 66.9 Å². The van der Waals surface area contributed by atoms with Gasteiger partial charge >= 0.3 is 6.03 Å². The first kappa shape index (κ1) is 22.5. The van der Waals surface area contributed by atoms with E-state index >= 15 is 0 Å². The van der Waals surface area contributed by atoms with Crippen molar-refractivity contribution in [2.45, 2.75) is 64.6 Å². The largest absolute Gasteiger partial charge is 0.345 e. The summed E-state index contributed by atoms with van der Waals surface area (Å²) in [5.74, 6) is 0. The van der Waals surface area contributed by atoms with Gasteiger partial charge < -0.3 is 14.8 Å². The fourth-order valence-corrected chi connectivity index (χ4v) is 4.86.